The van der Waals surface area contributed by atoms with Crippen molar-refractivity contribution in [1.82, 2.24) is 0 Å². The van der Waals surface area contributed by atoms with E-state index in [1.165, 1.54) is 43.0 Å². The Labute approximate surface area is 248 Å². The van der Waals surface area contributed by atoms with Crippen LogP contribution in [0.3, 0.4) is 0 Å². The highest BCUT2D eigenvalue weighted by molar-refractivity contribution is 5.93. The highest BCUT2D eigenvalue weighted by atomic mass is 19.1. The lowest BCUT2D eigenvalue weighted by atomic mass is 9.48. The molecular formula is C36H42FNO4. The summed E-state index contributed by atoms with van der Waals surface area (Å²) in [6.45, 7) is 7.11. The molecule has 5 nitrogen and oxygen atoms in total. The van der Waals surface area contributed by atoms with Crippen molar-refractivity contribution in [2.75, 3.05) is 24.6 Å². The van der Waals surface area contributed by atoms with Crippen molar-refractivity contribution in [2.45, 2.75) is 90.6 Å². The number of Topliss-reactive ketones (excluding diaryl/α,β-unsaturated/α-hetero) is 1. The Morgan fingerprint density at radius 3 is 2.55 bits per heavy atom. The second kappa shape index (κ2) is 11.1. The molecule has 3 fully saturated rings. The van der Waals surface area contributed by atoms with Gasteiger partial charge in [0.15, 0.2) is 18.2 Å². The van der Waals surface area contributed by atoms with Crippen molar-refractivity contribution in [1.29, 1.82) is 0 Å². The van der Waals surface area contributed by atoms with E-state index < -0.39 is 23.0 Å². The number of benzene rings is 1. The number of ether oxygens (including phenoxy) is 1. The van der Waals surface area contributed by atoms with Crippen molar-refractivity contribution in [3.8, 4) is 11.8 Å². The van der Waals surface area contributed by atoms with E-state index in [1.54, 1.807) is 13.0 Å². The summed E-state index contributed by atoms with van der Waals surface area (Å²) in [5, 5.41) is 0. The zero-order chi connectivity index (χ0) is 29.6. The molecule has 42 heavy (non-hydrogen) atoms. The molecule has 1 aromatic rings. The summed E-state index contributed by atoms with van der Waals surface area (Å²) >= 11 is 0. The Morgan fingerprint density at radius 1 is 1.12 bits per heavy atom. The molecule has 6 heteroatoms. The summed E-state index contributed by atoms with van der Waals surface area (Å²) in [5.41, 5.74) is 3.82. The van der Waals surface area contributed by atoms with Crippen molar-refractivity contribution in [2.24, 2.45) is 22.7 Å². The molecule has 0 spiro atoms. The number of hydrogen-bond donors (Lipinski definition) is 0. The normalized spacial score (nSPS) is 34.0. The predicted molar refractivity (Wildman–Crippen MR) is 161 cm³/mol. The Morgan fingerprint density at radius 2 is 1.86 bits per heavy atom. The first-order valence-corrected chi connectivity index (χ1v) is 15.8. The minimum absolute atomic E-state index is 0.00713. The van der Waals surface area contributed by atoms with Gasteiger partial charge in [0.2, 0.25) is 0 Å². The average molecular weight is 572 g/mol. The Balaban J connectivity index is 1.47. The summed E-state index contributed by atoms with van der Waals surface area (Å²) in [7, 11) is 0. The molecule has 222 valence electrons. The Hall–Kier alpha value is -3.20. The summed E-state index contributed by atoms with van der Waals surface area (Å²) in [6, 6.07) is 8.89. The monoisotopic (exact) mass is 571 g/mol. The third-order valence-corrected chi connectivity index (χ3v) is 11.2. The second-order valence-electron chi connectivity index (χ2n) is 13.3. The van der Waals surface area contributed by atoms with E-state index in [0.29, 0.717) is 37.7 Å². The van der Waals surface area contributed by atoms with Gasteiger partial charge in [-0.25, -0.2) is 4.39 Å². The number of esters is 1. The minimum atomic E-state index is -1.19. The van der Waals surface area contributed by atoms with Crippen LogP contribution in [-0.2, 0) is 19.1 Å². The third-order valence-electron chi connectivity index (χ3n) is 11.2. The van der Waals surface area contributed by atoms with Crippen LogP contribution in [0.2, 0.25) is 0 Å². The Kier molecular flexibility index (Phi) is 7.66. The third kappa shape index (κ3) is 4.64. The van der Waals surface area contributed by atoms with E-state index in [1.807, 2.05) is 0 Å². The van der Waals surface area contributed by atoms with Crippen LogP contribution in [0.4, 0.5) is 10.1 Å². The lowest BCUT2D eigenvalue weighted by Gasteiger charge is -2.55. The maximum absolute atomic E-state index is 15.9. The molecule has 1 aliphatic heterocycles. The van der Waals surface area contributed by atoms with Gasteiger partial charge in [0.1, 0.15) is 6.17 Å². The summed E-state index contributed by atoms with van der Waals surface area (Å²) in [6.07, 6.45) is 7.43. The van der Waals surface area contributed by atoms with Crippen LogP contribution >= 0.6 is 0 Å². The topological polar surface area (TPSA) is 63.7 Å². The average Bonchev–Trinajstić information content (AvgIpc) is 3.29. The van der Waals surface area contributed by atoms with Gasteiger partial charge in [0.05, 0.1) is 5.41 Å². The molecule has 4 aliphatic carbocycles. The fraction of sp³-hybridized carbons (Fsp3) is 0.583. The van der Waals surface area contributed by atoms with Gasteiger partial charge in [-0.1, -0.05) is 30.6 Å². The van der Waals surface area contributed by atoms with E-state index in [-0.39, 0.29) is 35.9 Å². The van der Waals surface area contributed by atoms with E-state index in [2.05, 4.69) is 47.9 Å². The van der Waals surface area contributed by atoms with Gasteiger partial charge in [-0.15, -0.1) is 5.92 Å². The standard InChI is InChI=1S/C36H42FNO4/c1-4-15-36(33(41)22-42-23(2)39)16-14-31-29-20-32(37)28-19-26(40)12-13-27(28)34(29)30(21-35(31,36)3)24-8-10-25(11-9-24)38-17-6-5-7-18-38/h8-11,19,29-32H,5-7,12-14,16-18,20-22H2,1-3H3/t29-,30?,31-,32?,35-,36+/m0/s1. The van der Waals surface area contributed by atoms with Crippen LogP contribution in [0, 0.1) is 34.5 Å². The van der Waals surface area contributed by atoms with Crippen molar-refractivity contribution in [3.63, 3.8) is 0 Å². The molecule has 0 aromatic heterocycles. The quantitative estimate of drug-likeness (QED) is 0.292. The number of hydrogen-bond acceptors (Lipinski definition) is 5. The van der Waals surface area contributed by atoms with Crippen LogP contribution in [0.15, 0.2) is 47.1 Å². The second-order valence-corrected chi connectivity index (χ2v) is 13.3. The number of allylic oxidation sites excluding steroid dienone is 4. The first-order chi connectivity index (χ1) is 20.2. The molecule has 5 aliphatic rings. The number of ketones is 2. The number of alkyl halides is 1. The molecule has 2 saturated carbocycles. The van der Waals surface area contributed by atoms with Crippen molar-refractivity contribution >= 4 is 23.2 Å². The number of carbonyl (C=O) groups is 3. The summed E-state index contributed by atoms with van der Waals surface area (Å²) in [5.74, 6) is 5.81. The van der Waals surface area contributed by atoms with Crippen LogP contribution in [0.1, 0.15) is 90.0 Å². The van der Waals surface area contributed by atoms with E-state index >= 15 is 4.39 Å². The molecule has 0 amide bonds. The molecule has 1 saturated heterocycles. The molecular weight excluding hydrogens is 529 g/mol. The summed E-state index contributed by atoms with van der Waals surface area (Å²) < 4.78 is 21.2. The zero-order valence-corrected chi connectivity index (χ0v) is 25.1. The fourth-order valence-corrected chi connectivity index (χ4v) is 9.27. The van der Waals surface area contributed by atoms with Crippen molar-refractivity contribution < 1.29 is 23.5 Å². The van der Waals surface area contributed by atoms with Crippen LogP contribution < -0.4 is 4.90 Å². The molecule has 0 bridgehead atoms. The van der Waals surface area contributed by atoms with Gasteiger partial charge in [-0.3, -0.25) is 14.4 Å². The van der Waals surface area contributed by atoms with E-state index in [0.717, 1.165) is 25.1 Å². The highest BCUT2D eigenvalue weighted by Gasteiger charge is 2.66. The lowest BCUT2D eigenvalue weighted by Crippen LogP contribution is -2.52. The smallest absolute Gasteiger partial charge is 0.303 e. The molecule has 0 radical (unpaired) electrons. The van der Waals surface area contributed by atoms with Crippen LogP contribution in [0.5, 0.6) is 0 Å². The van der Waals surface area contributed by atoms with Crippen molar-refractivity contribution in [3.05, 3.63) is 52.6 Å². The lowest BCUT2D eigenvalue weighted by molar-refractivity contribution is -0.150. The van der Waals surface area contributed by atoms with Crippen LogP contribution in [0.25, 0.3) is 0 Å². The maximum Gasteiger partial charge on any atom is 0.303 e. The fourth-order valence-electron chi connectivity index (χ4n) is 9.27. The first kappa shape index (κ1) is 28.9. The van der Waals surface area contributed by atoms with Gasteiger partial charge < -0.3 is 9.64 Å². The molecule has 2 unspecified atom stereocenters. The molecule has 6 rings (SSSR count). The number of halogens is 1. The number of carbonyl (C=O) groups excluding carboxylic acids is 3. The van der Waals surface area contributed by atoms with E-state index in [9.17, 15) is 14.4 Å². The van der Waals surface area contributed by atoms with E-state index in [4.69, 9.17) is 4.74 Å². The van der Waals surface area contributed by atoms with Gasteiger partial charge in [-0.2, -0.15) is 0 Å². The van der Waals surface area contributed by atoms with Gasteiger partial charge in [0.25, 0.3) is 0 Å². The Bertz CT molecular complexity index is 1410. The molecule has 0 N–H and O–H groups in total. The molecule has 1 heterocycles. The summed E-state index contributed by atoms with van der Waals surface area (Å²) in [4.78, 5) is 40.4. The van der Waals surface area contributed by atoms with Gasteiger partial charge in [-0.05, 0) is 110 Å². The van der Waals surface area contributed by atoms with Gasteiger partial charge >= 0.3 is 5.97 Å². The largest absolute Gasteiger partial charge is 0.458 e. The number of piperidine rings is 1. The number of rotatable bonds is 5. The predicted octanol–water partition coefficient (Wildman–Crippen LogP) is 6.67. The van der Waals surface area contributed by atoms with Gasteiger partial charge in [0, 0.05) is 38.0 Å². The molecule has 1 aromatic carbocycles. The highest BCUT2D eigenvalue weighted by Crippen LogP contribution is 2.69. The first-order valence-electron chi connectivity index (χ1n) is 15.8. The number of nitrogens with zero attached hydrogens (tertiary/aromatic N) is 1. The van der Waals surface area contributed by atoms with Crippen LogP contribution in [-0.4, -0.2) is 43.4 Å². The SMILES string of the molecule is CC#C[C@]1(C(=O)COC(C)=O)CC[C@H]2[C@@H]3CC(F)C4=CC(=O)CCC4=C3C(c3ccc(N4CCCCC4)cc3)C[C@@]21C. The number of fused-ring (bicyclic) bond motifs is 4. The maximum atomic E-state index is 15.9. The number of anilines is 1. The molecule has 6 atom stereocenters. The zero-order valence-electron chi connectivity index (χ0n) is 25.1. The minimum Gasteiger partial charge on any atom is -0.458 e.